The number of benzene rings is 2. The van der Waals surface area contributed by atoms with Crippen molar-refractivity contribution in [2.45, 2.75) is 52.8 Å². The molecule has 4 rings (SSSR count). The number of halogens is 1. The molecule has 1 amide bonds. The number of piperidine rings is 1. The molecule has 1 saturated heterocycles. The van der Waals surface area contributed by atoms with E-state index in [1.54, 1.807) is 0 Å². The zero-order chi connectivity index (χ0) is 25.7. The number of hydrogen-bond acceptors (Lipinski definition) is 4. The van der Waals surface area contributed by atoms with Crippen LogP contribution in [0.4, 0.5) is 10.6 Å². The van der Waals surface area contributed by atoms with Crippen LogP contribution in [0.3, 0.4) is 0 Å². The summed E-state index contributed by atoms with van der Waals surface area (Å²) in [5.74, 6) is 1.60. The average Bonchev–Trinajstić information content (AvgIpc) is 3.22. The van der Waals surface area contributed by atoms with Gasteiger partial charge in [0.1, 0.15) is 12.4 Å². The molecule has 8 heteroatoms. The summed E-state index contributed by atoms with van der Waals surface area (Å²) < 4.78 is 8.94. The van der Waals surface area contributed by atoms with Crippen LogP contribution in [0.5, 0.6) is 5.75 Å². The van der Waals surface area contributed by atoms with Gasteiger partial charge in [-0.1, -0.05) is 46.3 Å². The van der Waals surface area contributed by atoms with Crippen LogP contribution in [0.2, 0.25) is 0 Å². The number of aromatic nitrogens is 2. The quantitative estimate of drug-likeness (QED) is 0.341. The number of aryl methyl sites for hydroxylation is 1. The van der Waals surface area contributed by atoms with Gasteiger partial charge in [-0.05, 0) is 76.4 Å². The van der Waals surface area contributed by atoms with E-state index in [2.05, 4.69) is 34.7 Å². The molecule has 0 bridgehead atoms. The van der Waals surface area contributed by atoms with Crippen molar-refractivity contribution in [3.05, 3.63) is 75.9 Å². The molecule has 1 aliphatic heterocycles. The molecule has 1 fully saturated rings. The number of carbonyl (C=O) groups is 1. The van der Waals surface area contributed by atoms with Gasteiger partial charge in [-0.2, -0.15) is 5.10 Å². The van der Waals surface area contributed by atoms with Crippen LogP contribution >= 0.6 is 15.9 Å². The first-order valence-electron chi connectivity index (χ1n) is 12.5. The fourth-order valence-electron chi connectivity index (χ4n) is 4.67. The number of nitrogens with zero attached hydrogens (tertiary/aromatic N) is 4. The lowest BCUT2D eigenvalue weighted by molar-refractivity contribution is 0.149. The summed E-state index contributed by atoms with van der Waals surface area (Å²) >= 11 is 3.57. The monoisotopic (exact) mass is 554 g/mol. The molecule has 1 aliphatic rings. The van der Waals surface area contributed by atoms with Gasteiger partial charge in [0.05, 0.1) is 6.54 Å². The van der Waals surface area contributed by atoms with Gasteiger partial charge in [-0.15, -0.1) is 0 Å². The first-order chi connectivity index (χ1) is 17.3. The maximum Gasteiger partial charge on any atom is 0.413 e. The van der Waals surface area contributed by atoms with Crippen molar-refractivity contribution in [2.75, 3.05) is 24.5 Å². The van der Waals surface area contributed by atoms with Gasteiger partial charge >= 0.3 is 6.09 Å². The molecule has 7 nitrogen and oxygen atoms in total. The highest BCUT2D eigenvalue weighted by molar-refractivity contribution is 9.10. The molecule has 1 aromatic heterocycles. The minimum absolute atomic E-state index is 0.338. The number of rotatable bonds is 9. The summed E-state index contributed by atoms with van der Waals surface area (Å²) in [6.07, 6.45) is 1.05. The Morgan fingerprint density at radius 1 is 1.17 bits per heavy atom. The fourth-order valence-corrected chi connectivity index (χ4v) is 5.08. The first kappa shape index (κ1) is 26.2. The van der Waals surface area contributed by atoms with Crippen molar-refractivity contribution in [1.29, 1.82) is 0 Å². The van der Waals surface area contributed by atoms with E-state index < -0.39 is 6.09 Å². The normalized spacial score (nSPS) is 14.8. The van der Waals surface area contributed by atoms with E-state index in [0.717, 1.165) is 53.0 Å². The Kier molecular flexibility index (Phi) is 8.69. The summed E-state index contributed by atoms with van der Waals surface area (Å²) in [6.45, 7) is 9.83. The number of anilines is 1. The minimum Gasteiger partial charge on any atom is -0.489 e. The Labute approximate surface area is 221 Å². The SMILES string of the molecule is Cc1cc(N(CC2CCN(C(C)C)CC2)C(=O)O)nn1Cc1cc(Br)ccc1OCc1ccccc1. The van der Waals surface area contributed by atoms with Crippen LogP contribution in [0.1, 0.15) is 43.5 Å². The predicted molar refractivity (Wildman–Crippen MR) is 146 cm³/mol. The smallest absolute Gasteiger partial charge is 0.413 e. The highest BCUT2D eigenvalue weighted by Gasteiger charge is 2.27. The van der Waals surface area contributed by atoms with Crippen molar-refractivity contribution in [1.82, 2.24) is 14.7 Å². The Hall–Kier alpha value is -2.84. The summed E-state index contributed by atoms with van der Waals surface area (Å²) in [5, 5.41) is 14.7. The molecule has 1 N–H and O–H groups in total. The second-order valence-electron chi connectivity index (χ2n) is 9.79. The number of amides is 1. The fraction of sp³-hybridized carbons (Fsp3) is 0.429. The van der Waals surface area contributed by atoms with Gasteiger partial charge in [-0.25, -0.2) is 4.79 Å². The van der Waals surface area contributed by atoms with Crippen molar-refractivity contribution in [3.63, 3.8) is 0 Å². The molecule has 192 valence electrons. The molecular formula is C28H35BrN4O3. The minimum atomic E-state index is -0.958. The third-order valence-corrected chi connectivity index (χ3v) is 7.37. The molecule has 36 heavy (non-hydrogen) atoms. The largest absolute Gasteiger partial charge is 0.489 e. The van der Waals surface area contributed by atoms with Crippen molar-refractivity contribution in [3.8, 4) is 5.75 Å². The molecular weight excluding hydrogens is 520 g/mol. The first-order valence-corrected chi connectivity index (χ1v) is 13.3. The van der Waals surface area contributed by atoms with E-state index in [4.69, 9.17) is 9.84 Å². The van der Waals surface area contributed by atoms with Gasteiger partial charge in [0.25, 0.3) is 0 Å². The molecule has 0 aliphatic carbocycles. The highest BCUT2D eigenvalue weighted by Crippen LogP contribution is 2.27. The molecule has 0 unspecified atom stereocenters. The van der Waals surface area contributed by atoms with Gasteiger partial charge in [-0.3, -0.25) is 9.58 Å². The van der Waals surface area contributed by atoms with Crippen molar-refractivity contribution < 1.29 is 14.6 Å². The Balaban J connectivity index is 1.47. The van der Waals surface area contributed by atoms with Crippen molar-refractivity contribution >= 4 is 27.8 Å². The zero-order valence-corrected chi connectivity index (χ0v) is 22.8. The van der Waals surface area contributed by atoms with E-state index in [9.17, 15) is 9.90 Å². The van der Waals surface area contributed by atoms with Crippen LogP contribution in [0, 0.1) is 12.8 Å². The van der Waals surface area contributed by atoms with E-state index in [1.807, 2.05) is 66.2 Å². The molecule has 0 radical (unpaired) electrons. The molecule has 0 atom stereocenters. The lowest BCUT2D eigenvalue weighted by Gasteiger charge is -2.35. The van der Waals surface area contributed by atoms with Gasteiger partial charge < -0.3 is 14.7 Å². The second kappa shape index (κ2) is 11.9. The number of ether oxygens (including phenoxy) is 1. The van der Waals surface area contributed by atoms with E-state index >= 15 is 0 Å². The van der Waals surface area contributed by atoms with E-state index in [0.29, 0.717) is 37.5 Å². The maximum absolute atomic E-state index is 12.2. The molecule has 2 aromatic carbocycles. The Morgan fingerprint density at radius 3 is 2.56 bits per heavy atom. The number of likely N-dealkylation sites (tertiary alicyclic amines) is 1. The molecule has 3 aromatic rings. The third-order valence-electron chi connectivity index (χ3n) is 6.88. The van der Waals surface area contributed by atoms with E-state index in [-0.39, 0.29) is 0 Å². The van der Waals surface area contributed by atoms with Crippen LogP contribution < -0.4 is 9.64 Å². The van der Waals surface area contributed by atoms with Gasteiger partial charge in [0.15, 0.2) is 5.82 Å². The summed E-state index contributed by atoms with van der Waals surface area (Å²) in [7, 11) is 0. The molecule has 0 saturated carbocycles. The zero-order valence-electron chi connectivity index (χ0n) is 21.2. The van der Waals surface area contributed by atoms with E-state index in [1.165, 1.54) is 4.90 Å². The van der Waals surface area contributed by atoms with Gasteiger partial charge in [0.2, 0.25) is 0 Å². The van der Waals surface area contributed by atoms with Crippen molar-refractivity contribution in [2.24, 2.45) is 5.92 Å². The number of hydrogen-bond donors (Lipinski definition) is 1. The Bertz CT molecular complexity index is 1160. The summed E-state index contributed by atoms with van der Waals surface area (Å²) in [4.78, 5) is 16.0. The summed E-state index contributed by atoms with van der Waals surface area (Å²) in [6, 6.07) is 18.4. The predicted octanol–water partition coefficient (Wildman–Crippen LogP) is 6.19. The number of carboxylic acid groups (broad SMARTS) is 1. The van der Waals surface area contributed by atoms with Crippen LogP contribution in [-0.4, -0.2) is 51.6 Å². The lowest BCUT2D eigenvalue weighted by Crippen LogP contribution is -2.43. The standard InChI is InChI=1S/C28H35BrN4O3/c1-20(2)31-13-11-22(12-14-31)17-32(28(34)35)27-15-21(3)33(30-27)18-24-16-25(29)9-10-26(24)36-19-23-7-5-4-6-8-23/h4-10,15-16,20,22H,11-14,17-19H2,1-3H3,(H,34,35). The maximum atomic E-state index is 12.2. The van der Waals surface area contributed by atoms with Crippen LogP contribution in [0.25, 0.3) is 0 Å². The van der Waals surface area contributed by atoms with Crippen LogP contribution in [0.15, 0.2) is 59.1 Å². The molecule has 2 heterocycles. The topological polar surface area (TPSA) is 70.8 Å². The third kappa shape index (κ3) is 6.68. The second-order valence-corrected chi connectivity index (χ2v) is 10.7. The highest BCUT2D eigenvalue weighted by atomic mass is 79.9. The Morgan fingerprint density at radius 2 is 1.89 bits per heavy atom. The van der Waals surface area contributed by atoms with Crippen LogP contribution in [-0.2, 0) is 13.2 Å². The molecule has 0 spiro atoms. The lowest BCUT2D eigenvalue weighted by atomic mass is 9.95. The van der Waals surface area contributed by atoms with Gasteiger partial charge in [0, 0.05) is 34.4 Å². The average molecular weight is 556 g/mol. The summed E-state index contributed by atoms with van der Waals surface area (Å²) in [5.41, 5.74) is 2.97.